The predicted molar refractivity (Wildman–Crippen MR) is 116 cm³/mol. The van der Waals surface area contributed by atoms with E-state index in [1.165, 1.54) is 4.88 Å². The maximum Gasteiger partial charge on any atom is 0.191 e. The van der Waals surface area contributed by atoms with Gasteiger partial charge < -0.3 is 15.4 Å². The molecule has 26 heavy (non-hydrogen) atoms. The van der Waals surface area contributed by atoms with Gasteiger partial charge in [-0.2, -0.15) is 11.8 Å². The molecule has 0 amide bonds. The van der Waals surface area contributed by atoms with Crippen LogP contribution in [0.1, 0.15) is 38.6 Å². The number of morpholine rings is 1. The van der Waals surface area contributed by atoms with Gasteiger partial charge in [-0.1, -0.05) is 6.07 Å². The van der Waals surface area contributed by atoms with Crippen molar-refractivity contribution in [2.75, 3.05) is 45.6 Å². The van der Waals surface area contributed by atoms with E-state index < -0.39 is 0 Å². The number of aliphatic imine (C=N–C) groups is 1. The fourth-order valence-electron chi connectivity index (χ4n) is 2.89. The van der Waals surface area contributed by atoms with Crippen LogP contribution in [0.5, 0.6) is 0 Å². The average Bonchev–Trinajstić information content (AvgIpc) is 3.14. The summed E-state index contributed by atoms with van der Waals surface area (Å²) in [5.74, 6) is 0.900. The summed E-state index contributed by atoms with van der Waals surface area (Å²) in [5.41, 5.74) is 0. The number of nitrogens with one attached hydrogen (secondary N) is 2. The van der Waals surface area contributed by atoms with E-state index in [0.717, 1.165) is 45.3 Å². The van der Waals surface area contributed by atoms with Crippen LogP contribution in [0, 0.1) is 0 Å². The van der Waals surface area contributed by atoms with E-state index in [9.17, 15) is 0 Å². The Labute approximate surface area is 167 Å². The van der Waals surface area contributed by atoms with Crippen LogP contribution in [0.15, 0.2) is 22.5 Å². The summed E-state index contributed by atoms with van der Waals surface area (Å²) in [6, 6.07) is 4.72. The van der Waals surface area contributed by atoms with E-state index in [1.807, 2.05) is 23.1 Å². The maximum absolute atomic E-state index is 5.73. The summed E-state index contributed by atoms with van der Waals surface area (Å²) in [5, 5.41) is 9.11. The Morgan fingerprint density at radius 1 is 1.50 bits per heavy atom. The minimum atomic E-state index is 0.148. The van der Waals surface area contributed by atoms with Gasteiger partial charge in [0.25, 0.3) is 0 Å². The molecule has 1 aliphatic rings. The third kappa shape index (κ3) is 6.76. The molecule has 5 nitrogen and oxygen atoms in total. The van der Waals surface area contributed by atoms with Crippen LogP contribution in [0.2, 0.25) is 0 Å². The largest absolute Gasteiger partial charge is 0.376 e. The molecule has 0 spiro atoms. The van der Waals surface area contributed by atoms with Gasteiger partial charge in [0.1, 0.15) is 0 Å². The van der Waals surface area contributed by atoms with Gasteiger partial charge in [0.05, 0.1) is 25.3 Å². The molecule has 2 unspecified atom stereocenters. The van der Waals surface area contributed by atoms with Gasteiger partial charge in [-0.05, 0) is 45.4 Å². The van der Waals surface area contributed by atoms with Gasteiger partial charge in [-0.25, -0.2) is 0 Å². The first-order valence-corrected chi connectivity index (χ1v) is 11.5. The average molecular weight is 399 g/mol. The lowest BCUT2D eigenvalue weighted by Crippen LogP contribution is -2.48. The second-order valence-corrected chi connectivity index (χ2v) is 9.74. The molecule has 2 N–H and O–H groups in total. The number of thiophene rings is 1. The number of hydrogen-bond acceptors (Lipinski definition) is 5. The second-order valence-electron chi connectivity index (χ2n) is 7.25. The predicted octanol–water partition coefficient (Wildman–Crippen LogP) is 3.21. The van der Waals surface area contributed by atoms with Gasteiger partial charge in [0, 0.05) is 35.8 Å². The molecule has 7 heteroatoms. The molecule has 1 aromatic rings. The molecule has 2 rings (SSSR count). The zero-order chi connectivity index (χ0) is 19.0. The highest BCUT2D eigenvalue weighted by Crippen LogP contribution is 2.26. The number of hydrogen-bond donors (Lipinski definition) is 2. The number of thioether (sulfide) groups is 1. The molecule has 1 saturated heterocycles. The van der Waals surface area contributed by atoms with Crippen LogP contribution in [-0.4, -0.2) is 67.3 Å². The van der Waals surface area contributed by atoms with Crippen molar-refractivity contribution in [2.45, 2.75) is 44.6 Å². The van der Waals surface area contributed by atoms with Crippen LogP contribution >= 0.6 is 23.1 Å². The molecular weight excluding hydrogens is 364 g/mol. The molecule has 1 fully saturated rings. The molecule has 2 atom stereocenters. The van der Waals surface area contributed by atoms with Crippen LogP contribution in [0.4, 0.5) is 0 Å². The molecule has 148 valence electrons. The number of ether oxygens (including phenoxy) is 1. The van der Waals surface area contributed by atoms with Crippen LogP contribution in [0.25, 0.3) is 0 Å². The van der Waals surface area contributed by atoms with Gasteiger partial charge >= 0.3 is 0 Å². The van der Waals surface area contributed by atoms with E-state index in [-0.39, 0.29) is 10.9 Å². The molecule has 0 radical (unpaired) electrons. The molecule has 0 aromatic carbocycles. The summed E-state index contributed by atoms with van der Waals surface area (Å²) in [6.45, 7) is 14.0. The Morgan fingerprint density at radius 2 is 2.31 bits per heavy atom. The third-order valence-corrected chi connectivity index (χ3v) is 6.77. The van der Waals surface area contributed by atoms with E-state index in [0.29, 0.717) is 6.04 Å². The molecule has 0 bridgehead atoms. The summed E-state index contributed by atoms with van der Waals surface area (Å²) in [4.78, 5) is 8.73. The Morgan fingerprint density at radius 3 is 2.92 bits per heavy atom. The minimum absolute atomic E-state index is 0.148. The van der Waals surface area contributed by atoms with Crippen molar-refractivity contribution >= 4 is 29.1 Å². The zero-order valence-electron chi connectivity index (χ0n) is 16.7. The standard InChI is InChI=1S/C19H34N4OS2/c1-6-20-18(22-14-19(3,4)25-5)21-12-16(17-8-7-11-26-17)23-9-10-24-15(2)13-23/h7-8,11,15-16H,6,9-10,12-14H2,1-5H3,(H2,20,21,22). The van der Waals surface area contributed by atoms with E-state index in [4.69, 9.17) is 9.73 Å². The first-order chi connectivity index (χ1) is 12.4. The second kappa shape index (κ2) is 10.5. The lowest BCUT2D eigenvalue weighted by Gasteiger charge is -2.37. The first kappa shape index (κ1) is 21.5. The topological polar surface area (TPSA) is 48.9 Å². The molecule has 2 heterocycles. The summed E-state index contributed by atoms with van der Waals surface area (Å²) >= 11 is 3.68. The summed E-state index contributed by atoms with van der Waals surface area (Å²) in [6.07, 6.45) is 2.43. The van der Waals surface area contributed by atoms with E-state index in [2.05, 4.69) is 67.0 Å². The molecule has 1 aromatic heterocycles. The van der Waals surface area contributed by atoms with Gasteiger partial charge in [-0.3, -0.25) is 9.89 Å². The Balaban J connectivity index is 2.05. The Kier molecular flexibility index (Phi) is 8.73. The highest BCUT2D eigenvalue weighted by Gasteiger charge is 2.26. The van der Waals surface area contributed by atoms with E-state index >= 15 is 0 Å². The summed E-state index contributed by atoms with van der Waals surface area (Å²) in [7, 11) is 0. The molecule has 0 saturated carbocycles. The van der Waals surface area contributed by atoms with Crippen LogP contribution < -0.4 is 10.6 Å². The van der Waals surface area contributed by atoms with Crippen molar-refractivity contribution < 1.29 is 4.74 Å². The van der Waals surface area contributed by atoms with Crippen molar-refractivity contribution in [3.8, 4) is 0 Å². The van der Waals surface area contributed by atoms with Crippen molar-refractivity contribution in [3.05, 3.63) is 22.4 Å². The highest BCUT2D eigenvalue weighted by atomic mass is 32.2. The molecular formula is C19H34N4OS2. The highest BCUT2D eigenvalue weighted by molar-refractivity contribution is 7.99. The normalized spacial score (nSPS) is 20.8. The summed E-state index contributed by atoms with van der Waals surface area (Å²) < 4.78 is 5.88. The SMILES string of the molecule is CCNC(=NCC(C)(C)SC)NCC(c1cccs1)N1CCOC(C)C1. The monoisotopic (exact) mass is 398 g/mol. The van der Waals surface area contributed by atoms with Crippen molar-refractivity contribution in [1.29, 1.82) is 0 Å². The minimum Gasteiger partial charge on any atom is -0.376 e. The lowest BCUT2D eigenvalue weighted by molar-refractivity contribution is -0.0334. The quantitative estimate of drug-likeness (QED) is 0.520. The maximum atomic E-state index is 5.73. The lowest BCUT2D eigenvalue weighted by atomic mass is 10.1. The number of nitrogens with zero attached hydrogens (tertiary/aromatic N) is 2. The molecule has 1 aliphatic heterocycles. The molecule has 0 aliphatic carbocycles. The van der Waals surface area contributed by atoms with Gasteiger partial charge in [-0.15, -0.1) is 11.3 Å². The van der Waals surface area contributed by atoms with Crippen molar-refractivity contribution in [1.82, 2.24) is 15.5 Å². The van der Waals surface area contributed by atoms with E-state index in [1.54, 1.807) is 0 Å². The third-order valence-electron chi connectivity index (χ3n) is 4.56. The fourth-order valence-corrected chi connectivity index (χ4v) is 3.94. The Hall–Kier alpha value is -0.760. The number of guanidine groups is 1. The van der Waals surface area contributed by atoms with Crippen LogP contribution in [-0.2, 0) is 4.74 Å². The van der Waals surface area contributed by atoms with Gasteiger partial charge in [0.2, 0.25) is 0 Å². The number of rotatable bonds is 8. The first-order valence-electron chi connectivity index (χ1n) is 9.41. The van der Waals surface area contributed by atoms with Crippen molar-refractivity contribution in [2.24, 2.45) is 4.99 Å². The Bertz CT molecular complexity index is 548. The zero-order valence-corrected chi connectivity index (χ0v) is 18.4. The fraction of sp³-hybridized carbons (Fsp3) is 0.737. The van der Waals surface area contributed by atoms with Crippen molar-refractivity contribution in [3.63, 3.8) is 0 Å². The smallest absolute Gasteiger partial charge is 0.191 e. The van der Waals surface area contributed by atoms with Gasteiger partial charge in [0.15, 0.2) is 5.96 Å². The van der Waals surface area contributed by atoms with Crippen LogP contribution in [0.3, 0.4) is 0 Å².